The lowest BCUT2D eigenvalue weighted by atomic mass is 10.1. The summed E-state index contributed by atoms with van der Waals surface area (Å²) in [4.78, 5) is 69.5. The number of carboxylic acid groups (broad SMARTS) is 1. The number of hydrogen-bond donors (Lipinski definition) is 8. The summed E-state index contributed by atoms with van der Waals surface area (Å²) < 4.78 is 0. The van der Waals surface area contributed by atoms with E-state index in [2.05, 4.69) is 10.6 Å². The third-order valence-electron chi connectivity index (χ3n) is 3.60. The Kier molecular flexibility index (Phi) is 10.9. The average Bonchev–Trinajstić information content (AvgIpc) is 2.60. The predicted molar refractivity (Wildman–Crippen MR) is 96.4 cm³/mol. The fourth-order valence-electron chi connectivity index (χ4n) is 2.13. The highest BCUT2D eigenvalue weighted by atomic mass is 16.4. The minimum absolute atomic E-state index is 0.219. The van der Waals surface area contributed by atoms with E-state index in [9.17, 15) is 33.9 Å². The molecule has 4 atom stereocenters. The number of carboxylic acids is 1. The molecule has 0 aliphatic carbocycles. The molecule has 0 saturated carbocycles. The number of nitrogens with one attached hydrogen (secondary N) is 3. The van der Waals surface area contributed by atoms with Crippen molar-refractivity contribution in [3.05, 3.63) is 0 Å². The van der Waals surface area contributed by atoms with E-state index in [1.165, 1.54) is 0 Å². The molecule has 29 heavy (non-hydrogen) atoms. The van der Waals surface area contributed by atoms with E-state index >= 15 is 0 Å². The number of rotatable bonds is 13. The van der Waals surface area contributed by atoms with Crippen molar-refractivity contribution in [3.8, 4) is 0 Å². The highest BCUT2D eigenvalue weighted by Gasteiger charge is 2.32. The van der Waals surface area contributed by atoms with Crippen LogP contribution in [0.25, 0.3) is 0 Å². The number of primary amides is 2. The predicted octanol–water partition coefficient (Wildman–Crippen LogP) is -4.99. The van der Waals surface area contributed by atoms with Crippen LogP contribution in [0, 0.1) is 0 Å². The normalized spacial score (nSPS) is 14.6. The SMILES string of the molecule is CC(O)C(NC(=O)C(CC(N)=O)NC(=O)C(CCC(N)=O)NC(=O)CN)C(=O)O. The first-order valence-corrected chi connectivity index (χ1v) is 8.46. The molecule has 0 spiro atoms. The van der Waals surface area contributed by atoms with Gasteiger partial charge < -0.3 is 43.4 Å². The van der Waals surface area contributed by atoms with Crippen LogP contribution in [-0.2, 0) is 28.8 Å². The fourth-order valence-corrected chi connectivity index (χ4v) is 2.13. The Balaban J connectivity index is 5.41. The summed E-state index contributed by atoms with van der Waals surface area (Å²) in [5.74, 6) is -6.09. The molecule has 14 heteroatoms. The van der Waals surface area contributed by atoms with Crippen LogP contribution in [0.15, 0.2) is 0 Å². The van der Waals surface area contributed by atoms with Crippen molar-refractivity contribution in [2.45, 2.75) is 50.4 Å². The summed E-state index contributed by atoms with van der Waals surface area (Å²) in [7, 11) is 0. The third kappa shape index (κ3) is 10.0. The van der Waals surface area contributed by atoms with Crippen LogP contribution in [0.2, 0.25) is 0 Å². The zero-order valence-corrected chi connectivity index (χ0v) is 15.7. The van der Waals surface area contributed by atoms with Gasteiger partial charge in [-0.15, -0.1) is 0 Å². The number of aliphatic carboxylic acids is 1. The van der Waals surface area contributed by atoms with Gasteiger partial charge in [0.2, 0.25) is 29.5 Å². The van der Waals surface area contributed by atoms with Crippen LogP contribution >= 0.6 is 0 Å². The van der Waals surface area contributed by atoms with Gasteiger partial charge in [-0.1, -0.05) is 0 Å². The van der Waals surface area contributed by atoms with Gasteiger partial charge in [-0.25, -0.2) is 4.79 Å². The van der Waals surface area contributed by atoms with Crippen molar-refractivity contribution in [1.82, 2.24) is 16.0 Å². The second kappa shape index (κ2) is 12.2. The summed E-state index contributed by atoms with van der Waals surface area (Å²) in [6.07, 6.45) is -2.67. The first kappa shape index (κ1) is 25.7. The van der Waals surface area contributed by atoms with E-state index < -0.39 is 72.7 Å². The van der Waals surface area contributed by atoms with E-state index in [4.69, 9.17) is 22.3 Å². The van der Waals surface area contributed by atoms with Crippen molar-refractivity contribution < 1.29 is 39.0 Å². The van der Waals surface area contributed by atoms with E-state index in [0.717, 1.165) is 6.92 Å². The van der Waals surface area contributed by atoms with Crippen LogP contribution in [-0.4, -0.2) is 76.5 Å². The van der Waals surface area contributed by atoms with Crippen LogP contribution in [0.4, 0.5) is 0 Å². The van der Waals surface area contributed by atoms with E-state index in [1.807, 2.05) is 5.32 Å². The van der Waals surface area contributed by atoms with Crippen molar-refractivity contribution >= 4 is 35.5 Å². The molecule has 14 nitrogen and oxygen atoms in total. The van der Waals surface area contributed by atoms with Crippen LogP contribution < -0.4 is 33.2 Å². The average molecular weight is 418 g/mol. The Labute approximate surface area is 165 Å². The van der Waals surface area contributed by atoms with Gasteiger partial charge in [0, 0.05) is 6.42 Å². The Morgan fingerprint density at radius 3 is 1.86 bits per heavy atom. The standard InChI is InChI=1S/C15H26N6O8/c1-6(22)12(15(28)29)21-14(27)8(4-10(18)24)20-13(26)7(2-3-9(17)23)19-11(25)5-16/h6-8,12,22H,2-5,16H2,1H3,(H2,17,23)(H2,18,24)(H,19,25)(H,20,26)(H,21,27)(H,28,29). The molecule has 0 aromatic rings. The van der Waals surface area contributed by atoms with Crippen LogP contribution in [0.1, 0.15) is 26.2 Å². The monoisotopic (exact) mass is 418 g/mol. The molecule has 0 bridgehead atoms. The number of carbonyl (C=O) groups is 6. The third-order valence-corrected chi connectivity index (χ3v) is 3.60. The van der Waals surface area contributed by atoms with Crippen LogP contribution in [0.3, 0.4) is 0 Å². The summed E-state index contributed by atoms with van der Waals surface area (Å²) in [6, 6.07) is -4.63. The molecule has 0 aromatic heterocycles. The van der Waals surface area contributed by atoms with Gasteiger partial charge in [0.05, 0.1) is 19.1 Å². The van der Waals surface area contributed by atoms with Gasteiger partial charge in [0.1, 0.15) is 12.1 Å². The topological polar surface area (TPSA) is 257 Å². The molecule has 0 aliphatic heterocycles. The Hall–Kier alpha value is -3.26. The molecule has 4 unspecified atom stereocenters. The summed E-state index contributed by atoms with van der Waals surface area (Å²) in [5.41, 5.74) is 15.2. The molecule has 11 N–H and O–H groups in total. The number of aliphatic hydroxyl groups excluding tert-OH is 1. The molecule has 0 saturated heterocycles. The Morgan fingerprint density at radius 2 is 1.45 bits per heavy atom. The second-order valence-electron chi connectivity index (χ2n) is 6.13. The first-order valence-electron chi connectivity index (χ1n) is 8.46. The Bertz CT molecular complexity index is 653. The maximum atomic E-state index is 12.4. The fraction of sp³-hybridized carbons (Fsp3) is 0.600. The van der Waals surface area contributed by atoms with E-state index in [1.54, 1.807) is 0 Å². The zero-order chi connectivity index (χ0) is 22.7. The molecule has 0 radical (unpaired) electrons. The summed E-state index contributed by atoms with van der Waals surface area (Å²) in [5, 5.41) is 24.8. The number of nitrogens with two attached hydrogens (primary N) is 3. The van der Waals surface area contributed by atoms with Gasteiger partial charge in [-0.3, -0.25) is 24.0 Å². The molecule has 0 aromatic carbocycles. The quantitative estimate of drug-likeness (QED) is 0.142. The number of aliphatic hydroxyl groups is 1. The van der Waals surface area contributed by atoms with Crippen molar-refractivity contribution in [1.29, 1.82) is 0 Å². The van der Waals surface area contributed by atoms with Gasteiger partial charge in [-0.2, -0.15) is 0 Å². The molecule has 0 aliphatic rings. The Morgan fingerprint density at radius 1 is 0.897 bits per heavy atom. The van der Waals surface area contributed by atoms with Gasteiger partial charge in [-0.05, 0) is 13.3 Å². The molecule has 0 heterocycles. The highest BCUT2D eigenvalue weighted by molar-refractivity contribution is 5.96. The number of amides is 5. The molecule has 5 amide bonds. The van der Waals surface area contributed by atoms with Gasteiger partial charge in [0.25, 0.3) is 0 Å². The lowest BCUT2D eigenvalue weighted by Gasteiger charge is -2.24. The summed E-state index contributed by atoms with van der Waals surface area (Å²) >= 11 is 0. The lowest BCUT2D eigenvalue weighted by molar-refractivity contribution is -0.145. The van der Waals surface area contributed by atoms with Gasteiger partial charge in [0.15, 0.2) is 6.04 Å². The first-order chi connectivity index (χ1) is 13.4. The molecule has 0 rings (SSSR count). The lowest BCUT2D eigenvalue weighted by Crippen LogP contribution is -2.58. The molecule has 164 valence electrons. The highest BCUT2D eigenvalue weighted by Crippen LogP contribution is 2.02. The van der Waals surface area contributed by atoms with E-state index in [0.29, 0.717) is 0 Å². The van der Waals surface area contributed by atoms with Crippen molar-refractivity contribution in [3.63, 3.8) is 0 Å². The minimum atomic E-state index is -1.71. The van der Waals surface area contributed by atoms with Gasteiger partial charge >= 0.3 is 5.97 Å². The second-order valence-corrected chi connectivity index (χ2v) is 6.13. The smallest absolute Gasteiger partial charge is 0.328 e. The van der Waals surface area contributed by atoms with Crippen molar-refractivity contribution in [2.24, 2.45) is 17.2 Å². The maximum absolute atomic E-state index is 12.4. The molecular weight excluding hydrogens is 392 g/mol. The van der Waals surface area contributed by atoms with Crippen molar-refractivity contribution in [2.75, 3.05) is 6.54 Å². The minimum Gasteiger partial charge on any atom is -0.480 e. The molecular formula is C15H26N6O8. The zero-order valence-electron chi connectivity index (χ0n) is 15.7. The number of hydrogen-bond acceptors (Lipinski definition) is 8. The largest absolute Gasteiger partial charge is 0.480 e. The molecule has 0 fully saturated rings. The summed E-state index contributed by atoms with van der Waals surface area (Å²) in [6.45, 7) is 0.656. The van der Waals surface area contributed by atoms with E-state index in [-0.39, 0.29) is 12.8 Å². The maximum Gasteiger partial charge on any atom is 0.328 e. The van der Waals surface area contributed by atoms with Crippen LogP contribution in [0.5, 0.6) is 0 Å². The number of carbonyl (C=O) groups excluding carboxylic acids is 5.